The van der Waals surface area contributed by atoms with Gasteiger partial charge in [-0.3, -0.25) is 9.59 Å². The molecule has 1 fully saturated rings. The molecule has 0 saturated carbocycles. The zero-order chi connectivity index (χ0) is 17.2. The van der Waals surface area contributed by atoms with Gasteiger partial charge in [0.25, 0.3) is 0 Å². The molecule has 1 aromatic rings. The summed E-state index contributed by atoms with van der Waals surface area (Å²) in [4.78, 5) is 25.3. The van der Waals surface area contributed by atoms with Gasteiger partial charge in [0, 0.05) is 25.9 Å². The van der Waals surface area contributed by atoms with Crippen LogP contribution in [0.15, 0.2) is 18.2 Å². The van der Waals surface area contributed by atoms with Crippen LogP contribution >= 0.6 is 0 Å². The molecule has 6 heteroatoms. The lowest BCUT2D eigenvalue weighted by atomic mass is 9.90. The van der Waals surface area contributed by atoms with E-state index in [1.54, 1.807) is 11.8 Å². The molecule has 3 rings (SSSR count). The Bertz CT molecular complexity index is 644. The third-order valence-corrected chi connectivity index (χ3v) is 4.78. The largest absolute Gasteiger partial charge is 0.490 e. The van der Waals surface area contributed by atoms with Crippen LogP contribution < -0.4 is 9.47 Å². The number of nitrogens with zero attached hydrogens (tertiary/aromatic N) is 1. The van der Waals surface area contributed by atoms with Gasteiger partial charge in [-0.05, 0) is 37.5 Å². The number of likely N-dealkylation sites (tertiary alicyclic amines) is 1. The summed E-state index contributed by atoms with van der Waals surface area (Å²) in [6, 6.07) is 5.77. The molecule has 130 valence electrons. The van der Waals surface area contributed by atoms with Crippen molar-refractivity contribution in [3.05, 3.63) is 23.8 Å². The molecule has 0 aliphatic carbocycles. The number of carbonyl (C=O) groups is 2. The van der Waals surface area contributed by atoms with E-state index in [0.29, 0.717) is 45.6 Å². The fourth-order valence-corrected chi connectivity index (χ4v) is 3.12. The summed E-state index contributed by atoms with van der Waals surface area (Å²) < 4.78 is 11.3. The van der Waals surface area contributed by atoms with E-state index in [0.717, 1.165) is 23.5 Å². The van der Waals surface area contributed by atoms with Crippen LogP contribution in [0.5, 0.6) is 11.5 Å². The van der Waals surface area contributed by atoms with E-state index in [2.05, 4.69) is 0 Å². The van der Waals surface area contributed by atoms with Crippen molar-refractivity contribution in [1.29, 1.82) is 0 Å². The number of amides is 1. The number of carbonyl (C=O) groups excluding carboxylic acids is 1. The zero-order valence-corrected chi connectivity index (χ0v) is 13.9. The Morgan fingerprint density at radius 2 is 2.00 bits per heavy atom. The van der Waals surface area contributed by atoms with Crippen molar-refractivity contribution in [2.75, 3.05) is 26.3 Å². The zero-order valence-electron chi connectivity index (χ0n) is 13.9. The van der Waals surface area contributed by atoms with Gasteiger partial charge in [0.05, 0.1) is 18.6 Å². The summed E-state index contributed by atoms with van der Waals surface area (Å²) in [7, 11) is 0. The lowest BCUT2D eigenvalue weighted by Crippen LogP contribution is -2.34. The number of ether oxygens (including phenoxy) is 2. The first-order chi connectivity index (χ1) is 11.5. The Kier molecular flexibility index (Phi) is 4.64. The number of aryl methyl sites for hydroxylation is 1. The van der Waals surface area contributed by atoms with Crippen molar-refractivity contribution < 1.29 is 24.2 Å². The van der Waals surface area contributed by atoms with Crippen LogP contribution in [0.2, 0.25) is 0 Å². The third kappa shape index (κ3) is 3.47. The standard InChI is InChI=1S/C18H23NO5/c1-18(17(21)22)7-8-19(12-18)16(20)6-4-13-3-5-14-15(11-13)24-10-2-9-23-14/h3,5,11H,2,4,6-10,12H2,1H3,(H,21,22)/t18-/m0/s1. The van der Waals surface area contributed by atoms with E-state index in [9.17, 15) is 14.7 Å². The molecule has 2 aliphatic heterocycles. The van der Waals surface area contributed by atoms with Crippen LogP contribution in [-0.4, -0.2) is 48.2 Å². The summed E-state index contributed by atoms with van der Waals surface area (Å²) in [6.07, 6.45) is 2.35. The van der Waals surface area contributed by atoms with Crippen LogP contribution in [0, 0.1) is 5.41 Å². The molecule has 1 amide bonds. The van der Waals surface area contributed by atoms with Crippen LogP contribution in [0.4, 0.5) is 0 Å². The van der Waals surface area contributed by atoms with E-state index >= 15 is 0 Å². The van der Waals surface area contributed by atoms with Crippen LogP contribution in [0.1, 0.15) is 31.7 Å². The van der Waals surface area contributed by atoms with Gasteiger partial charge < -0.3 is 19.5 Å². The van der Waals surface area contributed by atoms with Gasteiger partial charge in [-0.2, -0.15) is 0 Å². The number of hydrogen-bond acceptors (Lipinski definition) is 4. The number of carboxylic acid groups (broad SMARTS) is 1. The average Bonchev–Trinajstić information content (AvgIpc) is 2.83. The van der Waals surface area contributed by atoms with Crippen molar-refractivity contribution in [3.63, 3.8) is 0 Å². The number of aliphatic carboxylic acids is 1. The fraction of sp³-hybridized carbons (Fsp3) is 0.556. The molecule has 24 heavy (non-hydrogen) atoms. The number of hydrogen-bond donors (Lipinski definition) is 1. The van der Waals surface area contributed by atoms with Crippen LogP contribution in [-0.2, 0) is 16.0 Å². The summed E-state index contributed by atoms with van der Waals surface area (Å²) in [5, 5.41) is 9.25. The summed E-state index contributed by atoms with van der Waals surface area (Å²) in [6.45, 7) is 3.80. The van der Waals surface area contributed by atoms with Crippen molar-refractivity contribution in [2.24, 2.45) is 5.41 Å². The number of fused-ring (bicyclic) bond motifs is 1. The van der Waals surface area contributed by atoms with Gasteiger partial charge in [0.2, 0.25) is 5.91 Å². The minimum Gasteiger partial charge on any atom is -0.490 e. The quantitative estimate of drug-likeness (QED) is 0.913. The van der Waals surface area contributed by atoms with Crippen molar-refractivity contribution in [1.82, 2.24) is 4.90 Å². The van der Waals surface area contributed by atoms with E-state index in [4.69, 9.17) is 9.47 Å². The Morgan fingerprint density at radius 1 is 1.25 bits per heavy atom. The predicted molar refractivity (Wildman–Crippen MR) is 87.3 cm³/mol. The van der Waals surface area contributed by atoms with Crippen LogP contribution in [0.25, 0.3) is 0 Å². The van der Waals surface area contributed by atoms with Gasteiger partial charge in [-0.15, -0.1) is 0 Å². The van der Waals surface area contributed by atoms with Gasteiger partial charge >= 0.3 is 5.97 Å². The molecular formula is C18H23NO5. The highest BCUT2D eigenvalue weighted by molar-refractivity contribution is 5.80. The molecule has 1 aromatic carbocycles. The van der Waals surface area contributed by atoms with Gasteiger partial charge in [0.1, 0.15) is 0 Å². The molecule has 0 radical (unpaired) electrons. The van der Waals surface area contributed by atoms with Crippen molar-refractivity contribution in [2.45, 2.75) is 32.6 Å². The minimum absolute atomic E-state index is 0.00656. The van der Waals surface area contributed by atoms with Crippen molar-refractivity contribution in [3.8, 4) is 11.5 Å². The highest BCUT2D eigenvalue weighted by Crippen LogP contribution is 2.32. The molecule has 0 bridgehead atoms. The topological polar surface area (TPSA) is 76.1 Å². The maximum Gasteiger partial charge on any atom is 0.311 e. The molecule has 1 saturated heterocycles. The van der Waals surface area contributed by atoms with Gasteiger partial charge in [-0.25, -0.2) is 0 Å². The summed E-state index contributed by atoms with van der Waals surface area (Å²) >= 11 is 0. The van der Waals surface area contributed by atoms with E-state index in [1.807, 2.05) is 18.2 Å². The smallest absolute Gasteiger partial charge is 0.311 e. The molecule has 2 aliphatic rings. The number of benzene rings is 1. The van der Waals surface area contributed by atoms with Crippen LogP contribution in [0.3, 0.4) is 0 Å². The molecular weight excluding hydrogens is 310 g/mol. The molecule has 1 atom stereocenters. The van der Waals surface area contributed by atoms with Gasteiger partial charge in [-0.1, -0.05) is 6.07 Å². The first-order valence-corrected chi connectivity index (χ1v) is 8.38. The van der Waals surface area contributed by atoms with Crippen molar-refractivity contribution >= 4 is 11.9 Å². The van der Waals surface area contributed by atoms with E-state index in [1.165, 1.54) is 0 Å². The highest BCUT2D eigenvalue weighted by Gasteiger charge is 2.41. The Labute approximate surface area is 141 Å². The second kappa shape index (κ2) is 6.71. The van der Waals surface area contributed by atoms with E-state index < -0.39 is 11.4 Å². The third-order valence-electron chi connectivity index (χ3n) is 4.78. The molecule has 0 unspecified atom stereocenters. The summed E-state index contributed by atoms with van der Waals surface area (Å²) in [5.74, 6) is 0.657. The van der Waals surface area contributed by atoms with E-state index in [-0.39, 0.29) is 5.91 Å². The fourth-order valence-electron chi connectivity index (χ4n) is 3.12. The lowest BCUT2D eigenvalue weighted by molar-refractivity contribution is -0.147. The SMILES string of the molecule is C[C@]1(C(=O)O)CCN(C(=O)CCc2ccc3c(c2)OCCCO3)C1. The maximum atomic E-state index is 12.3. The Hall–Kier alpha value is -2.24. The number of carboxylic acids is 1. The second-order valence-corrected chi connectivity index (χ2v) is 6.76. The lowest BCUT2D eigenvalue weighted by Gasteiger charge is -2.20. The summed E-state index contributed by atoms with van der Waals surface area (Å²) in [5.41, 5.74) is 0.207. The highest BCUT2D eigenvalue weighted by atomic mass is 16.5. The normalized spacial score (nSPS) is 23.0. The maximum absolute atomic E-state index is 12.3. The Morgan fingerprint density at radius 3 is 2.71 bits per heavy atom. The molecule has 6 nitrogen and oxygen atoms in total. The molecule has 2 heterocycles. The minimum atomic E-state index is -0.833. The Balaban J connectivity index is 1.57. The second-order valence-electron chi connectivity index (χ2n) is 6.76. The molecule has 0 spiro atoms. The average molecular weight is 333 g/mol. The number of rotatable bonds is 4. The van der Waals surface area contributed by atoms with Gasteiger partial charge in [0.15, 0.2) is 11.5 Å². The first kappa shape index (κ1) is 16.6. The molecule has 0 aromatic heterocycles. The monoisotopic (exact) mass is 333 g/mol. The first-order valence-electron chi connectivity index (χ1n) is 8.38. The predicted octanol–water partition coefficient (Wildman–Crippen LogP) is 2.10. The molecule has 1 N–H and O–H groups in total.